The van der Waals surface area contributed by atoms with Crippen LogP contribution in [0.5, 0.6) is 0 Å². The van der Waals surface area contributed by atoms with Crippen LogP contribution in [-0.4, -0.2) is 31.7 Å². The van der Waals surface area contributed by atoms with E-state index in [0.717, 1.165) is 6.07 Å². The lowest BCUT2D eigenvalue weighted by Crippen LogP contribution is -2.34. The van der Waals surface area contributed by atoms with Gasteiger partial charge < -0.3 is 15.3 Å². The largest absolute Gasteiger partial charge is 0.416 e. The Morgan fingerprint density at radius 2 is 2.05 bits per heavy atom. The minimum absolute atomic E-state index is 0.168. The molecule has 0 aromatic heterocycles. The van der Waals surface area contributed by atoms with Gasteiger partial charge in [-0.05, 0) is 17.7 Å². The van der Waals surface area contributed by atoms with Gasteiger partial charge in [0.15, 0.2) is 0 Å². The van der Waals surface area contributed by atoms with Crippen molar-refractivity contribution in [3.63, 3.8) is 0 Å². The Hall–Kier alpha value is -1.76. The molecule has 1 aromatic carbocycles. The summed E-state index contributed by atoms with van der Waals surface area (Å²) >= 11 is 0. The first kappa shape index (κ1) is 17.3. The van der Waals surface area contributed by atoms with E-state index in [9.17, 15) is 18.0 Å². The Bertz CT molecular complexity index is 503. The number of halogens is 3. The summed E-state index contributed by atoms with van der Waals surface area (Å²) in [4.78, 5) is 13.0. The number of rotatable bonds is 5. The van der Waals surface area contributed by atoms with E-state index in [0.29, 0.717) is 5.69 Å². The highest BCUT2D eigenvalue weighted by molar-refractivity contribution is 5.78. The maximum atomic E-state index is 12.9. The standard InChI is InChI=1S/C14H19F3N2O2/c1-9(13(21)18-2)7-19(3)11-5-4-10(8-20)12(6-11)14(15,16)17/h4-6,9,20H,7-8H2,1-3H3,(H,18,21). The van der Waals surface area contributed by atoms with Gasteiger partial charge in [-0.3, -0.25) is 4.79 Å². The van der Waals surface area contributed by atoms with Crippen molar-refractivity contribution in [2.45, 2.75) is 19.7 Å². The third-order valence-electron chi connectivity index (χ3n) is 3.25. The molecule has 7 heteroatoms. The molecule has 0 saturated heterocycles. The minimum atomic E-state index is -4.53. The number of aliphatic hydroxyl groups excluding tert-OH is 1. The number of amides is 1. The summed E-state index contributed by atoms with van der Waals surface area (Å²) in [5.41, 5.74) is -0.684. The summed E-state index contributed by atoms with van der Waals surface area (Å²) in [5.74, 6) is -0.531. The van der Waals surface area contributed by atoms with E-state index >= 15 is 0 Å². The lowest BCUT2D eigenvalue weighted by Gasteiger charge is -2.24. The predicted molar refractivity (Wildman–Crippen MR) is 73.9 cm³/mol. The van der Waals surface area contributed by atoms with Gasteiger partial charge in [-0.25, -0.2) is 0 Å². The third-order valence-corrected chi connectivity index (χ3v) is 3.25. The van der Waals surface area contributed by atoms with E-state index in [-0.39, 0.29) is 23.9 Å². The van der Waals surface area contributed by atoms with Crippen molar-refractivity contribution in [2.75, 3.05) is 25.5 Å². The first-order valence-electron chi connectivity index (χ1n) is 6.44. The van der Waals surface area contributed by atoms with Gasteiger partial charge in [-0.2, -0.15) is 13.2 Å². The van der Waals surface area contributed by atoms with E-state index in [4.69, 9.17) is 5.11 Å². The number of nitrogens with zero attached hydrogens (tertiary/aromatic N) is 1. The molecule has 0 heterocycles. The molecule has 1 rings (SSSR count). The average Bonchev–Trinajstić information content (AvgIpc) is 2.44. The molecule has 0 aliphatic rings. The van der Waals surface area contributed by atoms with Gasteiger partial charge in [0, 0.05) is 26.3 Å². The Morgan fingerprint density at radius 1 is 1.43 bits per heavy atom. The van der Waals surface area contributed by atoms with Crippen LogP contribution in [0.3, 0.4) is 0 Å². The summed E-state index contributed by atoms with van der Waals surface area (Å²) < 4.78 is 38.8. The SMILES string of the molecule is CNC(=O)C(C)CN(C)c1ccc(CO)c(C(F)(F)F)c1. The fourth-order valence-electron chi connectivity index (χ4n) is 2.05. The summed E-state index contributed by atoms with van der Waals surface area (Å²) in [6.07, 6.45) is -4.53. The van der Waals surface area contributed by atoms with Crippen LogP contribution in [-0.2, 0) is 17.6 Å². The first-order valence-corrected chi connectivity index (χ1v) is 6.44. The van der Waals surface area contributed by atoms with E-state index in [2.05, 4.69) is 5.32 Å². The van der Waals surface area contributed by atoms with Crippen molar-refractivity contribution in [1.29, 1.82) is 0 Å². The van der Waals surface area contributed by atoms with Crippen LogP contribution < -0.4 is 10.2 Å². The maximum absolute atomic E-state index is 12.9. The number of aliphatic hydroxyl groups is 1. The lowest BCUT2D eigenvalue weighted by atomic mass is 10.1. The molecule has 2 N–H and O–H groups in total. The first-order chi connectivity index (χ1) is 9.70. The predicted octanol–water partition coefficient (Wildman–Crippen LogP) is 2.02. The van der Waals surface area contributed by atoms with Crippen LogP contribution in [0.2, 0.25) is 0 Å². The number of hydrogen-bond acceptors (Lipinski definition) is 3. The van der Waals surface area contributed by atoms with Crippen molar-refractivity contribution in [3.8, 4) is 0 Å². The molecule has 0 radical (unpaired) electrons. The molecule has 0 fully saturated rings. The molecule has 1 unspecified atom stereocenters. The summed E-state index contributed by atoms with van der Waals surface area (Å²) in [6, 6.07) is 3.73. The highest BCUT2D eigenvalue weighted by Crippen LogP contribution is 2.34. The molecule has 4 nitrogen and oxygen atoms in total. The highest BCUT2D eigenvalue weighted by Gasteiger charge is 2.33. The number of carbonyl (C=O) groups excluding carboxylic acids is 1. The van der Waals surface area contributed by atoms with Gasteiger partial charge in [-0.15, -0.1) is 0 Å². The second kappa shape index (κ2) is 6.80. The fraction of sp³-hybridized carbons (Fsp3) is 0.500. The topological polar surface area (TPSA) is 52.6 Å². The number of nitrogens with one attached hydrogen (secondary N) is 1. The summed E-state index contributed by atoms with van der Waals surface area (Å²) in [6.45, 7) is 1.31. The van der Waals surface area contributed by atoms with Gasteiger partial charge in [0.2, 0.25) is 5.91 Å². The highest BCUT2D eigenvalue weighted by atomic mass is 19.4. The maximum Gasteiger partial charge on any atom is 0.416 e. The summed E-state index contributed by atoms with van der Waals surface area (Å²) in [7, 11) is 3.13. The van der Waals surface area contributed by atoms with Crippen molar-refractivity contribution in [2.24, 2.45) is 5.92 Å². The third kappa shape index (κ3) is 4.35. The fourth-order valence-corrected chi connectivity index (χ4v) is 2.05. The van der Waals surface area contributed by atoms with E-state index in [1.807, 2.05) is 0 Å². The van der Waals surface area contributed by atoms with Crippen molar-refractivity contribution < 1.29 is 23.1 Å². The Balaban J connectivity index is 3.01. The monoisotopic (exact) mass is 304 g/mol. The van der Waals surface area contributed by atoms with E-state index in [1.165, 1.54) is 19.2 Å². The van der Waals surface area contributed by atoms with Crippen LogP contribution in [0.1, 0.15) is 18.1 Å². The summed E-state index contributed by atoms with van der Waals surface area (Å²) in [5, 5.41) is 11.5. The number of alkyl halides is 3. The molecule has 21 heavy (non-hydrogen) atoms. The number of anilines is 1. The lowest BCUT2D eigenvalue weighted by molar-refractivity contribution is -0.138. The van der Waals surface area contributed by atoms with Crippen LogP contribution in [0, 0.1) is 5.92 Å². The van der Waals surface area contributed by atoms with Crippen LogP contribution in [0.25, 0.3) is 0 Å². The van der Waals surface area contributed by atoms with E-state index in [1.54, 1.807) is 18.9 Å². The molecule has 0 saturated carbocycles. The zero-order valence-corrected chi connectivity index (χ0v) is 12.2. The molecule has 118 valence electrons. The number of benzene rings is 1. The Labute approximate surface area is 121 Å². The molecular formula is C14H19F3N2O2. The van der Waals surface area contributed by atoms with Gasteiger partial charge in [0.25, 0.3) is 0 Å². The number of carbonyl (C=O) groups is 1. The van der Waals surface area contributed by atoms with Gasteiger partial charge in [-0.1, -0.05) is 13.0 Å². The quantitative estimate of drug-likeness (QED) is 0.875. The van der Waals surface area contributed by atoms with Crippen LogP contribution in [0.15, 0.2) is 18.2 Å². The molecule has 1 aromatic rings. The molecule has 1 atom stereocenters. The minimum Gasteiger partial charge on any atom is -0.392 e. The van der Waals surface area contributed by atoms with Gasteiger partial charge >= 0.3 is 6.18 Å². The average molecular weight is 304 g/mol. The normalized spacial score (nSPS) is 12.9. The van der Waals surface area contributed by atoms with E-state index < -0.39 is 18.3 Å². The number of hydrogen-bond donors (Lipinski definition) is 2. The zero-order valence-electron chi connectivity index (χ0n) is 12.2. The van der Waals surface area contributed by atoms with Crippen molar-refractivity contribution in [1.82, 2.24) is 5.32 Å². The molecular weight excluding hydrogens is 285 g/mol. The molecule has 0 spiro atoms. The second-order valence-corrected chi connectivity index (χ2v) is 4.89. The van der Waals surface area contributed by atoms with Crippen molar-refractivity contribution in [3.05, 3.63) is 29.3 Å². The molecule has 0 bridgehead atoms. The van der Waals surface area contributed by atoms with Crippen molar-refractivity contribution >= 4 is 11.6 Å². The molecule has 0 aliphatic heterocycles. The zero-order chi connectivity index (χ0) is 16.2. The van der Waals surface area contributed by atoms with Crippen LogP contribution >= 0.6 is 0 Å². The Morgan fingerprint density at radius 3 is 2.52 bits per heavy atom. The van der Waals surface area contributed by atoms with Gasteiger partial charge in [0.05, 0.1) is 18.1 Å². The molecule has 1 amide bonds. The Kier molecular flexibility index (Phi) is 5.60. The van der Waals surface area contributed by atoms with Gasteiger partial charge in [0.1, 0.15) is 0 Å². The van der Waals surface area contributed by atoms with Crippen LogP contribution in [0.4, 0.5) is 18.9 Å². The molecule has 0 aliphatic carbocycles. The second-order valence-electron chi connectivity index (χ2n) is 4.89. The smallest absolute Gasteiger partial charge is 0.392 e.